The van der Waals surface area contributed by atoms with Gasteiger partial charge < -0.3 is 4.90 Å². The lowest BCUT2D eigenvalue weighted by Gasteiger charge is -2.32. The van der Waals surface area contributed by atoms with Crippen LogP contribution < -0.4 is 4.90 Å². The van der Waals surface area contributed by atoms with Gasteiger partial charge >= 0.3 is 0 Å². The van der Waals surface area contributed by atoms with Crippen molar-refractivity contribution in [1.29, 1.82) is 0 Å². The molecule has 9 aromatic rings. The minimum atomic E-state index is -0.413. The van der Waals surface area contributed by atoms with Crippen molar-refractivity contribution >= 4 is 27.8 Å². The van der Waals surface area contributed by atoms with E-state index in [1.54, 1.807) is 0 Å². The highest BCUT2D eigenvalue weighted by atomic mass is 15.1. The van der Waals surface area contributed by atoms with Crippen LogP contribution in [-0.4, -0.2) is 0 Å². The molecular formula is C56H39N. The highest BCUT2D eigenvalue weighted by molar-refractivity contribution is 6.05. The first-order valence-corrected chi connectivity index (χ1v) is 20.1. The molecule has 0 aromatic heterocycles. The molecule has 0 saturated heterocycles. The lowest BCUT2D eigenvalue weighted by atomic mass is 9.70. The zero-order valence-electron chi connectivity index (χ0n) is 32.0. The Kier molecular flexibility index (Phi) is 6.67. The van der Waals surface area contributed by atoms with Gasteiger partial charge in [-0.2, -0.15) is 0 Å². The van der Waals surface area contributed by atoms with Crippen LogP contribution in [0.3, 0.4) is 0 Å². The van der Waals surface area contributed by atoms with Crippen LogP contribution in [0.25, 0.3) is 55.3 Å². The van der Waals surface area contributed by atoms with Gasteiger partial charge in [-0.25, -0.2) is 0 Å². The summed E-state index contributed by atoms with van der Waals surface area (Å²) >= 11 is 0. The average molecular weight is 726 g/mol. The van der Waals surface area contributed by atoms with Gasteiger partial charge in [0.25, 0.3) is 0 Å². The zero-order chi connectivity index (χ0) is 37.9. The molecule has 0 saturated carbocycles. The standard InChI is InChI=1S/C56H39N/c1-55(2)48-32-30-39(34-47(48)53-46(36-17-5-3-6-18-36)33-37-19-9-10-22-41(37)54(53)55)57(38-20-7-4-8-21-38)40-29-31-45-44-25-13-16-28-51(44)56(52(45)35-40)49-26-14-11-23-42(49)43-24-12-15-27-50(43)56/h3-35H,1-2H3. The molecule has 0 unspecified atom stereocenters. The van der Waals surface area contributed by atoms with Gasteiger partial charge in [0.2, 0.25) is 0 Å². The van der Waals surface area contributed by atoms with Crippen LogP contribution >= 0.6 is 0 Å². The first-order chi connectivity index (χ1) is 28.0. The molecule has 1 heteroatoms. The van der Waals surface area contributed by atoms with E-state index in [9.17, 15) is 0 Å². The molecule has 57 heavy (non-hydrogen) atoms. The third-order valence-electron chi connectivity index (χ3n) is 13.2. The quantitative estimate of drug-likeness (QED) is 0.175. The second-order valence-corrected chi connectivity index (χ2v) is 16.4. The van der Waals surface area contributed by atoms with E-state index >= 15 is 0 Å². The molecule has 268 valence electrons. The van der Waals surface area contributed by atoms with Gasteiger partial charge in [0.05, 0.1) is 5.41 Å². The van der Waals surface area contributed by atoms with Crippen LogP contribution in [0, 0.1) is 0 Å². The third kappa shape index (κ3) is 4.29. The van der Waals surface area contributed by atoms with Crippen LogP contribution in [0.15, 0.2) is 200 Å². The molecule has 0 heterocycles. The van der Waals surface area contributed by atoms with Crippen molar-refractivity contribution in [2.75, 3.05) is 4.90 Å². The van der Waals surface area contributed by atoms with E-state index in [1.807, 2.05) is 0 Å². The molecule has 1 spiro atoms. The maximum Gasteiger partial charge on any atom is 0.0726 e. The monoisotopic (exact) mass is 725 g/mol. The molecule has 0 fully saturated rings. The number of fused-ring (bicyclic) bond motifs is 15. The minimum absolute atomic E-state index is 0.180. The molecule has 3 aliphatic carbocycles. The molecule has 0 aliphatic heterocycles. The van der Waals surface area contributed by atoms with Crippen LogP contribution in [-0.2, 0) is 10.8 Å². The Morgan fingerprint density at radius 1 is 0.351 bits per heavy atom. The van der Waals surface area contributed by atoms with E-state index in [0.29, 0.717) is 0 Å². The topological polar surface area (TPSA) is 3.24 Å². The normalized spacial score (nSPS) is 14.4. The van der Waals surface area contributed by atoms with E-state index in [1.165, 1.54) is 88.7 Å². The molecule has 3 aliphatic rings. The van der Waals surface area contributed by atoms with E-state index < -0.39 is 5.41 Å². The molecule has 0 atom stereocenters. The van der Waals surface area contributed by atoms with E-state index in [0.717, 1.165) is 17.1 Å². The number of benzene rings is 9. The Morgan fingerprint density at radius 3 is 1.54 bits per heavy atom. The van der Waals surface area contributed by atoms with Crippen molar-refractivity contribution in [2.45, 2.75) is 24.7 Å². The molecule has 1 nitrogen and oxygen atoms in total. The van der Waals surface area contributed by atoms with Crippen molar-refractivity contribution < 1.29 is 0 Å². The number of anilines is 3. The predicted octanol–water partition coefficient (Wildman–Crippen LogP) is 14.6. The maximum absolute atomic E-state index is 2.50. The highest BCUT2D eigenvalue weighted by Crippen LogP contribution is 2.63. The Morgan fingerprint density at radius 2 is 0.877 bits per heavy atom. The minimum Gasteiger partial charge on any atom is -0.310 e. The van der Waals surface area contributed by atoms with Crippen molar-refractivity contribution in [2.24, 2.45) is 0 Å². The van der Waals surface area contributed by atoms with Gasteiger partial charge in [-0.15, -0.1) is 0 Å². The maximum atomic E-state index is 2.50. The number of hydrogen-bond acceptors (Lipinski definition) is 1. The fourth-order valence-electron chi connectivity index (χ4n) is 10.9. The summed E-state index contributed by atoms with van der Waals surface area (Å²) in [5.74, 6) is 0. The number of hydrogen-bond donors (Lipinski definition) is 0. The Labute approximate surface area is 334 Å². The lowest BCUT2D eigenvalue weighted by molar-refractivity contribution is 0.666. The van der Waals surface area contributed by atoms with Crippen LogP contribution in [0.1, 0.15) is 47.2 Å². The highest BCUT2D eigenvalue weighted by Gasteiger charge is 2.51. The van der Waals surface area contributed by atoms with Gasteiger partial charge in [-0.3, -0.25) is 0 Å². The first kappa shape index (κ1) is 32.3. The Bertz CT molecular complexity index is 3030. The fraction of sp³-hybridized carbons (Fsp3) is 0.0714. The number of para-hydroxylation sites is 1. The molecule has 0 N–H and O–H groups in total. The molecule has 9 aromatic carbocycles. The van der Waals surface area contributed by atoms with Gasteiger partial charge in [0.1, 0.15) is 0 Å². The van der Waals surface area contributed by atoms with Crippen LogP contribution in [0.5, 0.6) is 0 Å². The van der Waals surface area contributed by atoms with Gasteiger partial charge in [0, 0.05) is 22.5 Å². The lowest BCUT2D eigenvalue weighted by Crippen LogP contribution is -2.26. The largest absolute Gasteiger partial charge is 0.310 e. The fourth-order valence-corrected chi connectivity index (χ4v) is 10.9. The molecule has 0 amide bonds. The summed E-state index contributed by atoms with van der Waals surface area (Å²) in [7, 11) is 0. The van der Waals surface area contributed by atoms with Crippen molar-refractivity contribution in [3.8, 4) is 44.5 Å². The van der Waals surface area contributed by atoms with Crippen LogP contribution in [0.4, 0.5) is 17.1 Å². The van der Waals surface area contributed by atoms with E-state index in [2.05, 4.69) is 219 Å². The second-order valence-electron chi connectivity index (χ2n) is 16.4. The number of rotatable bonds is 4. The predicted molar refractivity (Wildman–Crippen MR) is 238 cm³/mol. The summed E-state index contributed by atoms with van der Waals surface area (Å²) in [5, 5.41) is 2.61. The third-order valence-corrected chi connectivity index (χ3v) is 13.2. The Balaban J connectivity index is 1.12. The summed E-state index contributed by atoms with van der Waals surface area (Å²) in [6.45, 7) is 4.81. The van der Waals surface area contributed by atoms with E-state index in [4.69, 9.17) is 0 Å². The number of nitrogens with zero attached hydrogens (tertiary/aromatic N) is 1. The van der Waals surface area contributed by atoms with Crippen molar-refractivity contribution in [3.63, 3.8) is 0 Å². The van der Waals surface area contributed by atoms with E-state index in [-0.39, 0.29) is 5.41 Å². The summed E-state index contributed by atoms with van der Waals surface area (Å²) in [5.41, 5.74) is 21.5. The van der Waals surface area contributed by atoms with Crippen molar-refractivity contribution in [1.82, 2.24) is 0 Å². The van der Waals surface area contributed by atoms with Crippen molar-refractivity contribution in [3.05, 3.63) is 234 Å². The smallest absolute Gasteiger partial charge is 0.0726 e. The zero-order valence-corrected chi connectivity index (χ0v) is 32.0. The van der Waals surface area contributed by atoms with Gasteiger partial charge in [-0.05, 0) is 131 Å². The SMILES string of the molecule is CC1(C)c2ccc(N(c3ccccc3)c3ccc4c(c3)C3(c5ccccc5-c5ccccc53)c3ccccc3-4)cc2-c2c(-c3ccccc3)cc3ccccc3c21. The molecule has 12 rings (SSSR count). The van der Waals surface area contributed by atoms with Crippen LogP contribution in [0.2, 0.25) is 0 Å². The van der Waals surface area contributed by atoms with Gasteiger partial charge in [0.15, 0.2) is 0 Å². The van der Waals surface area contributed by atoms with Gasteiger partial charge in [-0.1, -0.05) is 172 Å². The summed E-state index contributed by atoms with van der Waals surface area (Å²) in [6, 6.07) is 74.8. The summed E-state index contributed by atoms with van der Waals surface area (Å²) < 4.78 is 0. The second kappa shape index (κ2) is 11.8. The molecule has 0 bridgehead atoms. The summed E-state index contributed by atoms with van der Waals surface area (Å²) in [4.78, 5) is 2.47. The summed E-state index contributed by atoms with van der Waals surface area (Å²) in [6.07, 6.45) is 0. The molecular weight excluding hydrogens is 687 g/mol. The average Bonchev–Trinajstić information content (AvgIpc) is 3.83. The Hall–Kier alpha value is -6.96. The first-order valence-electron chi connectivity index (χ1n) is 20.1. The molecule has 0 radical (unpaired) electrons.